The van der Waals surface area contributed by atoms with Crippen LogP contribution < -0.4 is 15.4 Å². The minimum atomic E-state index is -4.50. The molecule has 1 fully saturated rings. The molecular formula is C21H26F3N5O3. The molecule has 0 bridgehead atoms. The minimum Gasteiger partial charge on any atom is -0.497 e. The van der Waals surface area contributed by atoms with Crippen molar-refractivity contribution in [2.75, 3.05) is 51.8 Å². The van der Waals surface area contributed by atoms with E-state index in [2.05, 4.69) is 20.6 Å². The number of carbonyl (C=O) groups excluding carboxylic acids is 1. The molecule has 0 saturated carbocycles. The van der Waals surface area contributed by atoms with Crippen molar-refractivity contribution in [3.8, 4) is 5.75 Å². The summed E-state index contributed by atoms with van der Waals surface area (Å²) in [6.45, 7) is 3.91. The predicted octanol–water partition coefficient (Wildman–Crippen LogP) is 2.61. The van der Waals surface area contributed by atoms with Crippen molar-refractivity contribution in [2.24, 2.45) is 0 Å². The van der Waals surface area contributed by atoms with Gasteiger partial charge in [0.1, 0.15) is 11.6 Å². The molecule has 1 aromatic carbocycles. The van der Waals surface area contributed by atoms with Crippen molar-refractivity contribution in [3.63, 3.8) is 0 Å². The molecule has 32 heavy (non-hydrogen) atoms. The molecule has 0 unspecified atom stereocenters. The number of alkyl halides is 3. The highest BCUT2D eigenvalue weighted by Crippen LogP contribution is 2.43. The fraction of sp³-hybridized carbons (Fsp3) is 0.524. The number of methoxy groups -OCH3 is 1. The van der Waals surface area contributed by atoms with Crippen molar-refractivity contribution < 1.29 is 27.4 Å². The Morgan fingerprint density at radius 2 is 2.00 bits per heavy atom. The van der Waals surface area contributed by atoms with E-state index in [4.69, 9.17) is 9.47 Å². The van der Waals surface area contributed by atoms with Gasteiger partial charge in [-0.1, -0.05) is 12.1 Å². The SMILES string of the molecule is COc1ccc([C@@H]2C[C@@H](C(F)(F)F)n3nc(C(=O)NCCN4CCOCC4)cc3N2)cc1. The molecule has 1 amide bonds. The van der Waals surface area contributed by atoms with E-state index in [1.165, 1.54) is 13.2 Å². The molecular weight excluding hydrogens is 427 g/mol. The number of morpholine rings is 1. The quantitative estimate of drug-likeness (QED) is 0.700. The number of anilines is 1. The summed E-state index contributed by atoms with van der Waals surface area (Å²) < 4.78 is 52.7. The van der Waals surface area contributed by atoms with Crippen LogP contribution in [0.2, 0.25) is 0 Å². The van der Waals surface area contributed by atoms with Crippen LogP contribution in [-0.2, 0) is 4.74 Å². The number of halogens is 3. The van der Waals surface area contributed by atoms with Crippen LogP contribution in [0.3, 0.4) is 0 Å². The number of nitrogens with zero attached hydrogens (tertiary/aromatic N) is 3. The molecule has 11 heteroatoms. The van der Waals surface area contributed by atoms with Crippen LogP contribution in [0.25, 0.3) is 0 Å². The van der Waals surface area contributed by atoms with Gasteiger partial charge in [-0.25, -0.2) is 4.68 Å². The summed E-state index contributed by atoms with van der Waals surface area (Å²) in [6, 6.07) is 5.84. The molecule has 3 heterocycles. The maximum absolute atomic E-state index is 13.8. The molecule has 2 N–H and O–H groups in total. The lowest BCUT2D eigenvalue weighted by Crippen LogP contribution is -2.41. The van der Waals surface area contributed by atoms with Gasteiger partial charge in [0.05, 0.1) is 26.4 Å². The highest BCUT2D eigenvalue weighted by atomic mass is 19.4. The van der Waals surface area contributed by atoms with Gasteiger partial charge in [0, 0.05) is 38.7 Å². The van der Waals surface area contributed by atoms with Gasteiger partial charge in [0.2, 0.25) is 0 Å². The second kappa shape index (κ2) is 9.37. The lowest BCUT2D eigenvalue weighted by molar-refractivity contribution is -0.173. The summed E-state index contributed by atoms with van der Waals surface area (Å²) in [6.07, 6.45) is -4.74. The van der Waals surface area contributed by atoms with Crippen LogP contribution in [-0.4, -0.2) is 73.3 Å². The van der Waals surface area contributed by atoms with Gasteiger partial charge in [-0.15, -0.1) is 0 Å². The largest absolute Gasteiger partial charge is 0.497 e. The Bertz CT molecular complexity index is 926. The number of amides is 1. The monoisotopic (exact) mass is 453 g/mol. The van der Waals surface area contributed by atoms with Crippen LogP contribution in [0.4, 0.5) is 19.0 Å². The second-order valence-corrected chi connectivity index (χ2v) is 7.83. The molecule has 1 saturated heterocycles. The first-order valence-electron chi connectivity index (χ1n) is 10.5. The van der Waals surface area contributed by atoms with E-state index < -0.39 is 24.2 Å². The highest BCUT2D eigenvalue weighted by Gasteiger charge is 2.46. The van der Waals surface area contributed by atoms with Crippen molar-refractivity contribution in [2.45, 2.75) is 24.7 Å². The lowest BCUT2D eigenvalue weighted by Gasteiger charge is -2.33. The zero-order valence-electron chi connectivity index (χ0n) is 17.7. The number of aromatic nitrogens is 2. The summed E-state index contributed by atoms with van der Waals surface area (Å²) in [5, 5.41) is 9.83. The maximum atomic E-state index is 13.8. The Hall–Kier alpha value is -2.79. The van der Waals surface area contributed by atoms with Crippen LogP contribution in [0.15, 0.2) is 30.3 Å². The summed E-state index contributed by atoms with van der Waals surface area (Å²) in [5.74, 6) is 0.291. The molecule has 2 aliphatic rings. The Kier molecular flexibility index (Phi) is 6.56. The zero-order chi connectivity index (χ0) is 22.7. The standard InChI is InChI=1S/C21H26F3N5O3/c1-31-15-4-2-14(3-5-15)16-12-18(21(22,23)24)29-19(26-16)13-17(27-29)20(30)25-6-7-28-8-10-32-11-9-28/h2-5,13,16,18,26H,6-12H2,1H3,(H,25,30)/t16-,18-/m0/s1. The number of benzene rings is 1. The van der Waals surface area contributed by atoms with E-state index in [9.17, 15) is 18.0 Å². The second-order valence-electron chi connectivity index (χ2n) is 7.83. The number of fused-ring (bicyclic) bond motifs is 1. The molecule has 174 valence electrons. The Morgan fingerprint density at radius 3 is 2.66 bits per heavy atom. The molecule has 0 aliphatic carbocycles. The number of carbonyl (C=O) groups is 1. The van der Waals surface area contributed by atoms with Crippen molar-refractivity contribution in [3.05, 3.63) is 41.6 Å². The maximum Gasteiger partial charge on any atom is 0.410 e. The van der Waals surface area contributed by atoms with Gasteiger partial charge < -0.3 is 20.1 Å². The predicted molar refractivity (Wildman–Crippen MR) is 111 cm³/mol. The fourth-order valence-corrected chi connectivity index (χ4v) is 3.98. The highest BCUT2D eigenvalue weighted by molar-refractivity contribution is 5.93. The Morgan fingerprint density at radius 1 is 1.28 bits per heavy atom. The number of nitrogens with one attached hydrogen (secondary N) is 2. The van der Waals surface area contributed by atoms with E-state index in [1.807, 2.05) is 0 Å². The average Bonchev–Trinajstić information content (AvgIpc) is 3.23. The van der Waals surface area contributed by atoms with Crippen LogP contribution in [0, 0.1) is 0 Å². The third kappa shape index (κ3) is 4.99. The Labute approximate surface area is 183 Å². The Balaban J connectivity index is 1.47. The van der Waals surface area contributed by atoms with E-state index in [1.54, 1.807) is 24.3 Å². The molecule has 2 aliphatic heterocycles. The summed E-state index contributed by atoms with van der Waals surface area (Å²) in [7, 11) is 1.53. The normalized spacial score (nSPS) is 21.5. The van der Waals surface area contributed by atoms with Gasteiger partial charge in [0.15, 0.2) is 11.7 Å². The number of hydrogen-bond donors (Lipinski definition) is 2. The van der Waals surface area contributed by atoms with Crippen molar-refractivity contribution in [1.29, 1.82) is 0 Å². The number of hydrogen-bond acceptors (Lipinski definition) is 6. The van der Waals surface area contributed by atoms with Gasteiger partial charge in [-0.05, 0) is 17.7 Å². The van der Waals surface area contributed by atoms with E-state index in [-0.39, 0.29) is 17.9 Å². The number of ether oxygens (including phenoxy) is 2. The minimum absolute atomic E-state index is 0.0425. The van der Waals surface area contributed by atoms with Crippen LogP contribution in [0.5, 0.6) is 5.75 Å². The summed E-state index contributed by atoms with van der Waals surface area (Å²) in [5.41, 5.74) is 0.656. The first kappa shape index (κ1) is 22.4. The topological polar surface area (TPSA) is 80.7 Å². The van der Waals surface area contributed by atoms with Gasteiger partial charge in [-0.3, -0.25) is 9.69 Å². The van der Waals surface area contributed by atoms with E-state index in [0.717, 1.165) is 17.8 Å². The summed E-state index contributed by atoms with van der Waals surface area (Å²) >= 11 is 0. The van der Waals surface area contributed by atoms with Crippen molar-refractivity contribution >= 4 is 11.7 Å². The van der Waals surface area contributed by atoms with Gasteiger partial charge in [0.25, 0.3) is 5.91 Å². The lowest BCUT2D eigenvalue weighted by atomic mass is 9.97. The molecule has 2 aromatic rings. The zero-order valence-corrected chi connectivity index (χ0v) is 17.7. The fourth-order valence-electron chi connectivity index (χ4n) is 3.98. The van der Waals surface area contributed by atoms with Gasteiger partial charge >= 0.3 is 6.18 Å². The molecule has 2 atom stereocenters. The average molecular weight is 453 g/mol. The third-order valence-corrected chi connectivity index (χ3v) is 5.76. The third-order valence-electron chi connectivity index (χ3n) is 5.76. The molecule has 4 rings (SSSR count). The van der Waals surface area contributed by atoms with E-state index >= 15 is 0 Å². The first-order chi connectivity index (χ1) is 15.3. The number of rotatable bonds is 6. The van der Waals surface area contributed by atoms with Gasteiger partial charge in [-0.2, -0.15) is 18.3 Å². The molecule has 1 aromatic heterocycles. The first-order valence-corrected chi connectivity index (χ1v) is 10.5. The van der Waals surface area contributed by atoms with Crippen LogP contribution in [0.1, 0.15) is 34.6 Å². The molecule has 8 nitrogen and oxygen atoms in total. The smallest absolute Gasteiger partial charge is 0.410 e. The van der Waals surface area contributed by atoms with Crippen molar-refractivity contribution in [1.82, 2.24) is 20.0 Å². The molecule has 0 spiro atoms. The van der Waals surface area contributed by atoms with Crippen LogP contribution >= 0.6 is 0 Å². The molecule has 0 radical (unpaired) electrons. The summed E-state index contributed by atoms with van der Waals surface area (Å²) in [4.78, 5) is 14.7. The van der Waals surface area contributed by atoms with E-state index in [0.29, 0.717) is 37.6 Å².